The Kier molecular flexibility index (Phi) is 5.49. The van der Waals surface area contributed by atoms with Gasteiger partial charge < -0.3 is 15.5 Å². The van der Waals surface area contributed by atoms with Gasteiger partial charge in [-0.05, 0) is 77.9 Å². The Morgan fingerprint density at radius 2 is 1.62 bits per heavy atom. The van der Waals surface area contributed by atoms with E-state index in [1.165, 1.54) is 18.2 Å². The molecule has 0 saturated heterocycles. The molecule has 5 heteroatoms. The van der Waals surface area contributed by atoms with Crippen LogP contribution in [0.4, 0.5) is 14.5 Å². The Morgan fingerprint density at radius 1 is 0.931 bits per heavy atom. The molecule has 29 heavy (non-hydrogen) atoms. The third-order valence-electron chi connectivity index (χ3n) is 5.69. The van der Waals surface area contributed by atoms with Gasteiger partial charge in [0.25, 0.3) is 0 Å². The van der Waals surface area contributed by atoms with Crippen molar-refractivity contribution in [2.75, 3.05) is 11.9 Å². The lowest BCUT2D eigenvalue weighted by atomic mass is 9.75. The van der Waals surface area contributed by atoms with Crippen LogP contribution in [0.2, 0.25) is 0 Å². The number of aliphatic hydroxyl groups excluding tert-OH is 1. The van der Waals surface area contributed by atoms with Crippen molar-refractivity contribution in [2.24, 2.45) is 5.92 Å². The number of aliphatic hydroxyl groups is 1. The minimum absolute atomic E-state index is 0.0528. The normalized spacial score (nSPS) is 19.3. The maximum absolute atomic E-state index is 14.0. The molecule has 3 nitrogen and oxygen atoms in total. The zero-order chi connectivity index (χ0) is 20.4. The van der Waals surface area contributed by atoms with Crippen LogP contribution >= 0.6 is 0 Å². The minimum Gasteiger partial charge on any atom is -0.508 e. The van der Waals surface area contributed by atoms with E-state index in [2.05, 4.69) is 5.32 Å². The first-order chi connectivity index (χ1) is 14.0. The zero-order valence-corrected chi connectivity index (χ0v) is 15.9. The second kappa shape index (κ2) is 8.21. The van der Waals surface area contributed by atoms with Crippen LogP contribution in [-0.2, 0) is 0 Å². The molecule has 0 amide bonds. The van der Waals surface area contributed by atoms with E-state index in [1.807, 2.05) is 12.1 Å². The Bertz CT molecular complexity index is 973. The molecule has 3 N–H and O–H groups in total. The predicted octanol–water partition coefficient (Wildman–Crippen LogP) is 5.36. The topological polar surface area (TPSA) is 52.5 Å². The van der Waals surface area contributed by atoms with Crippen molar-refractivity contribution in [3.05, 3.63) is 95.1 Å². The number of benzene rings is 3. The predicted molar refractivity (Wildman–Crippen MR) is 109 cm³/mol. The number of hydrogen-bond donors (Lipinski definition) is 3. The maximum Gasteiger partial charge on any atom is 0.123 e. The summed E-state index contributed by atoms with van der Waals surface area (Å²) in [7, 11) is 0. The minimum atomic E-state index is -0.690. The number of phenols is 1. The lowest BCUT2D eigenvalue weighted by Crippen LogP contribution is -2.29. The standard InChI is InChI=1S/C24H23F2NO2/c25-18-6-1-15(2-7-18)23(29)12-5-17-14-27-22-11-8-19(26)13-21(22)24(17)16-3-9-20(28)10-4-16/h1-4,6-11,13,17,23-24,27-29H,5,12,14H2/t17?,23-,24+/m0/s1. The van der Waals surface area contributed by atoms with E-state index >= 15 is 0 Å². The lowest BCUT2D eigenvalue weighted by molar-refractivity contribution is 0.155. The summed E-state index contributed by atoms with van der Waals surface area (Å²) in [6.45, 7) is 0.695. The smallest absolute Gasteiger partial charge is 0.123 e. The van der Waals surface area contributed by atoms with Crippen LogP contribution < -0.4 is 5.32 Å². The van der Waals surface area contributed by atoms with Crippen LogP contribution in [0.1, 0.15) is 41.6 Å². The highest BCUT2D eigenvalue weighted by Gasteiger charge is 2.31. The molecule has 1 unspecified atom stereocenters. The molecule has 1 aliphatic heterocycles. The summed E-state index contributed by atoms with van der Waals surface area (Å²) in [4.78, 5) is 0. The molecule has 0 bridgehead atoms. The van der Waals surface area contributed by atoms with Gasteiger partial charge in [-0.2, -0.15) is 0 Å². The first-order valence-electron chi connectivity index (χ1n) is 9.77. The number of aromatic hydroxyl groups is 1. The van der Waals surface area contributed by atoms with E-state index in [0.29, 0.717) is 24.9 Å². The molecule has 3 aromatic carbocycles. The molecule has 0 radical (unpaired) electrons. The van der Waals surface area contributed by atoms with Crippen LogP contribution in [-0.4, -0.2) is 16.8 Å². The number of hydrogen-bond acceptors (Lipinski definition) is 3. The summed E-state index contributed by atoms with van der Waals surface area (Å²) >= 11 is 0. The summed E-state index contributed by atoms with van der Waals surface area (Å²) in [5.41, 5.74) is 3.46. The van der Waals surface area contributed by atoms with E-state index in [0.717, 1.165) is 16.8 Å². The fraction of sp³-hybridized carbons (Fsp3) is 0.250. The van der Waals surface area contributed by atoms with Crippen molar-refractivity contribution in [3.63, 3.8) is 0 Å². The van der Waals surface area contributed by atoms with Gasteiger partial charge in [-0.25, -0.2) is 8.78 Å². The Balaban J connectivity index is 1.59. The number of halogens is 2. The van der Waals surface area contributed by atoms with Crippen molar-refractivity contribution in [1.29, 1.82) is 0 Å². The van der Waals surface area contributed by atoms with Gasteiger partial charge in [0, 0.05) is 18.2 Å². The van der Waals surface area contributed by atoms with Crippen LogP contribution in [0.15, 0.2) is 66.7 Å². The monoisotopic (exact) mass is 395 g/mol. The van der Waals surface area contributed by atoms with E-state index in [-0.39, 0.29) is 29.2 Å². The largest absolute Gasteiger partial charge is 0.508 e. The summed E-state index contributed by atoms with van der Waals surface area (Å²) in [5, 5.41) is 23.6. The average molecular weight is 395 g/mol. The number of rotatable bonds is 5. The molecular formula is C24H23F2NO2. The first kappa shape index (κ1) is 19.4. The van der Waals surface area contributed by atoms with Gasteiger partial charge in [-0.15, -0.1) is 0 Å². The van der Waals surface area contributed by atoms with Gasteiger partial charge in [0.1, 0.15) is 17.4 Å². The van der Waals surface area contributed by atoms with Gasteiger partial charge in [0.2, 0.25) is 0 Å². The maximum atomic E-state index is 14.0. The van der Waals surface area contributed by atoms with Crippen LogP contribution in [0.25, 0.3) is 0 Å². The quantitative estimate of drug-likeness (QED) is 0.545. The molecule has 1 heterocycles. The summed E-state index contributed by atoms with van der Waals surface area (Å²) in [5.74, 6) is -0.359. The van der Waals surface area contributed by atoms with E-state index < -0.39 is 6.10 Å². The summed E-state index contributed by atoms with van der Waals surface area (Å²) < 4.78 is 27.1. The highest BCUT2D eigenvalue weighted by molar-refractivity contribution is 5.58. The highest BCUT2D eigenvalue weighted by Crippen LogP contribution is 2.43. The highest BCUT2D eigenvalue weighted by atomic mass is 19.1. The first-order valence-corrected chi connectivity index (χ1v) is 9.77. The Labute approximate surface area is 168 Å². The molecule has 0 aromatic heterocycles. The lowest BCUT2D eigenvalue weighted by Gasteiger charge is -2.35. The zero-order valence-electron chi connectivity index (χ0n) is 15.9. The van der Waals surface area contributed by atoms with Crippen molar-refractivity contribution in [3.8, 4) is 5.75 Å². The number of anilines is 1. The Hall–Kier alpha value is -2.92. The van der Waals surface area contributed by atoms with E-state index in [9.17, 15) is 19.0 Å². The SMILES string of the molecule is Oc1ccc([C@H]2c3cc(F)ccc3NCC2CC[C@H](O)c2ccc(F)cc2)cc1. The molecular weight excluding hydrogens is 372 g/mol. The molecule has 3 atom stereocenters. The molecule has 0 saturated carbocycles. The average Bonchev–Trinajstić information content (AvgIpc) is 2.73. The summed E-state index contributed by atoms with van der Waals surface area (Å²) in [6, 6.07) is 17.7. The van der Waals surface area contributed by atoms with Crippen molar-refractivity contribution < 1.29 is 19.0 Å². The van der Waals surface area contributed by atoms with E-state index in [1.54, 1.807) is 36.4 Å². The molecule has 0 aliphatic carbocycles. The van der Waals surface area contributed by atoms with Crippen LogP contribution in [0.5, 0.6) is 5.75 Å². The van der Waals surface area contributed by atoms with Gasteiger partial charge in [0.05, 0.1) is 6.10 Å². The van der Waals surface area contributed by atoms with Crippen molar-refractivity contribution in [2.45, 2.75) is 24.9 Å². The number of nitrogens with one attached hydrogen (secondary N) is 1. The van der Waals surface area contributed by atoms with E-state index in [4.69, 9.17) is 0 Å². The summed E-state index contributed by atoms with van der Waals surface area (Å²) in [6.07, 6.45) is 0.523. The van der Waals surface area contributed by atoms with Crippen LogP contribution in [0, 0.1) is 17.6 Å². The molecule has 0 spiro atoms. The molecule has 1 aliphatic rings. The van der Waals surface area contributed by atoms with Crippen LogP contribution in [0.3, 0.4) is 0 Å². The molecule has 150 valence electrons. The second-order valence-electron chi connectivity index (χ2n) is 7.59. The van der Waals surface area contributed by atoms with Gasteiger partial charge in [-0.3, -0.25) is 0 Å². The van der Waals surface area contributed by atoms with Crippen molar-refractivity contribution in [1.82, 2.24) is 0 Å². The van der Waals surface area contributed by atoms with Gasteiger partial charge in [0.15, 0.2) is 0 Å². The third kappa shape index (κ3) is 4.25. The number of fused-ring (bicyclic) bond motifs is 1. The van der Waals surface area contributed by atoms with Gasteiger partial charge in [-0.1, -0.05) is 24.3 Å². The third-order valence-corrected chi connectivity index (χ3v) is 5.69. The van der Waals surface area contributed by atoms with Gasteiger partial charge >= 0.3 is 0 Å². The van der Waals surface area contributed by atoms with Crippen molar-refractivity contribution >= 4 is 5.69 Å². The molecule has 3 aromatic rings. The fourth-order valence-corrected chi connectivity index (χ4v) is 4.19. The fourth-order valence-electron chi connectivity index (χ4n) is 4.19. The molecule has 0 fully saturated rings. The Morgan fingerprint density at radius 3 is 2.34 bits per heavy atom. The number of phenolic OH excluding ortho intramolecular Hbond substituents is 1. The molecule has 4 rings (SSSR count). The second-order valence-corrected chi connectivity index (χ2v) is 7.59.